The van der Waals surface area contributed by atoms with Crippen molar-refractivity contribution in [1.29, 1.82) is 0 Å². The molecule has 4 rings (SSSR count). The molecule has 0 spiro atoms. The average Bonchev–Trinajstić information content (AvgIpc) is 3.25. The molecule has 150 valence electrons. The molecule has 28 heavy (non-hydrogen) atoms. The molecule has 2 aromatic rings. The SMILES string of the molecule is CC(=O)N1CCN(C(=O)c2csc3c2CCN(Cc2c(C)noc2C)C3)CC1. The van der Waals surface area contributed by atoms with E-state index in [0.717, 1.165) is 43.1 Å². The summed E-state index contributed by atoms with van der Waals surface area (Å²) < 4.78 is 5.28. The van der Waals surface area contributed by atoms with Crippen LogP contribution in [0.4, 0.5) is 0 Å². The maximum atomic E-state index is 13.0. The standard InChI is InChI=1S/C20H26N4O3S/c1-13-17(14(2)27-21-13)10-22-5-4-16-18(12-28-19(16)11-22)20(26)24-8-6-23(7-9-24)15(3)25/h12H,4-11H2,1-3H3. The Kier molecular flexibility index (Phi) is 5.25. The van der Waals surface area contributed by atoms with Crippen molar-refractivity contribution in [2.45, 2.75) is 40.3 Å². The molecule has 4 heterocycles. The number of nitrogens with zero attached hydrogens (tertiary/aromatic N) is 4. The number of carbonyl (C=O) groups is 2. The molecule has 1 fully saturated rings. The second-order valence-corrected chi connectivity index (χ2v) is 8.58. The number of carbonyl (C=O) groups excluding carboxylic acids is 2. The molecule has 0 aliphatic carbocycles. The van der Waals surface area contributed by atoms with Crippen molar-refractivity contribution in [3.8, 4) is 0 Å². The number of aryl methyl sites for hydroxylation is 2. The third kappa shape index (κ3) is 3.58. The molecule has 2 aromatic heterocycles. The van der Waals surface area contributed by atoms with Crippen molar-refractivity contribution in [3.05, 3.63) is 38.4 Å². The van der Waals surface area contributed by atoms with Crippen molar-refractivity contribution >= 4 is 23.2 Å². The largest absolute Gasteiger partial charge is 0.361 e. The Bertz CT molecular complexity index is 876. The number of hydrogen-bond acceptors (Lipinski definition) is 6. The minimum absolute atomic E-state index is 0.0819. The maximum Gasteiger partial charge on any atom is 0.255 e. The Morgan fingerprint density at radius 2 is 1.86 bits per heavy atom. The summed E-state index contributed by atoms with van der Waals surface area (Å²) in [6.45, 7) is 10.6. The lowest BCUT2D eigenvalue weighted by Gasteiger charge is -2.34. The minimum atomic E-state index is 0.0819. The molecule has 2 aliphatic heterocycles. The molecule has 7 nitrogen and oxygen atoms in total. The first kappa shape index (κ1) is 19.1. The number of aromatic nitrogens is 1. The molecule has 0 atom stereocenters. The van der Waals surface area contributed by atoms with E-state index in [0.29, 0.717) is 26.2 Å². The first-order valence-electron chi connectivity index (χ1n) is 9.72. The van der Waals surface area contributed by atoms with Crippen LogP contribution < -0.4 is 0 Å². The van der Waals surface area contributed by atoms with E-state index in [-0.39, 0.29) is 11.8 Å². The highest BCUT2D eigenvalue weighted by Gasteiger charge is 2.29. The monoisotopic (exact) mass is 402 g/mol. The van der Waals surface area contributed by atoms with Crippen LogP contribution in [0.15, 0.2) is 9.90 Å². The van der Waals surface area contributed by atoms with Crippen LogP contribution in [0, 0.1) is 13.8 Å². The molecule has 0 unspecified atom stereocenters. The fraction of sp³-hybridized carbons (Fsp3) is 0.550. The van der Waals surface area contributed by atoms with Crippen LogP contribution in [-0.4, -0.2) is 64.4 Å². The van der Waals surface area contributed by atoms with Gasteiger partial charge in [0, 0.05) is 68.6 Å². The Morgan fingerprint density at radius 1 is 1.14 bits per heavy atom. The molecule has 8 heteroatoms. The quantitative estimate of drug-likeness (QED) is 0.787. The van der Waals surface area contributed by atoms with Crippen molar-refractivity contribution in [2.75, 3.05) is 32.7 Å². The maximum absolute atomic E-state index is 13.0. The highest BCUT2D eigenvalue weighted by atomic mass is 32.1. The fourth-order valence-corrected chi connectivity index (χ4v) is 5.16. The normalized spacial score (nSPS) is 17.7. The van der Waals surface area contributed by atoms with Gasteiger partial charge in [-0.2, -0.15) is 0 Å². The van der Waals surface area contributed by atoms with E-state index in [1.807, 2.05) is 24.1 Å². The lowest BCUT2D eigenvalue weighted by atomic mass is 10.0. The Hall–Kier alpha value is -2.19. The molecule has 1 saturated heterocycles. The number of piperazine rings is 1. The predicted molar refractivity (Wildman–Crippen MR) is 106 cm³/mol. The van der Waals surface area contributed by atoms with Crippen LogP contribution in [0.5, 0.6) is 0 Å². The van der Waals surface area contributed by atoms with E-state index in [2.05, 4.69) is 10.1 Å². The van der Waals surface area contributed by atoms with Crippen molar-refractivity contribution in [3.63, 3.8) is 0 Å². The fourth-order valence-electron chi connectivity index (χ4n) is 4.04. The molecule has 0 radical (unpaired) electrons. The van der Waals surface area contributed by atoms with Gasteiger partial charge in [-0.05, 0) is 25.8 Å². The van der Waals surface area contributed by atoms with Crippen molar-refractivity contribution < 1.29 is 14.1 Å². The number of amides is 2. The van der Waals surface area contributed by atoms with Crippen molar-refractivity contribution in [1.82, 2.24) is 19.9 Å². The van der Waals surface area contributed by atoms with Gasteiger partial charge < -0.3 is 14.3 Å². The Morgan fingerprint density at radius 3 is 2.50 bits per heavy atom. The number of hydrogen-bond donors (Lipinski definition) is 0. The smallest absolute Gasteiger partial charge is 0.255 e. The third-order valence-corrected chi connectivity index (χ3v) is 6.85. The summed E-state index contributed by atoms with van der Waals surface area (Å²) in [6, 6.07) is 0. The lowest BCUT2D eigenvalue weighted by Crippen LogP contribution is -2.50. The molecule has 2 aliphatic rings. The van der Waals surface area contributed by atoms with Crippen LogP contribution in [-0.2, 0) is 24.3 Å². The highest BCUT2D eigenvalue weighted by molar-refractivity contribution is 7.10. The summed E-state index contributed by atoms with van der Waals surface area (Å²) in [5.74, 6) is 1.08. The Labute approximate surface area is 168 Å². The topological polar surface area (TPSA) is 69.9 Å². The molecule has 0 saturated carbocycles. The molecular weight excluding hydrogens is 376 g/mol. The number of thiophene rings is 1. The zero-order chi connectivity index (χ0) is 19.8. The van der Waals surface area contributed by atoms with Crippen LogP contribution in [0.25, 0.3) is 0 Å². The van der Waals surface area contributed by atoms with Gasteiger partial charge >= 0.3 is 0 Å². The van der Waals surface area contributed by atoms with E-state index >= 15 is 0 Å². The second kappa shape index (κ2) is 7.67. The van der Waals surface area contributed by atoms with Crippen molar-refractivity contribution in [2.24, 2.45) is 0 Å². The summed E-state index contributed by atoms with van der Waals surface area (Å²) in [4.78, 5) is 31.9. The van der Waals surface area contributed by atoms with Crippen LogP contribution in [0.1, 0.15) is 44.7 Å². The van der Waals surface area contributed by atoms with Gasteiger partial charge in [-0.3, -0.25) is 14.5 Å². The molecule has 2 amide bonds. The second-order valence-electron chi connectivity index (χ2n) is 7.61. The first-order valence-corrected chi connectivity index (χ1v) is 10.6. The third-order valence-electron chi connectivity index (χ3n) is 5.83. The summed E-state index contributed by atoms with van der Waals surface area (Å²) in [7, 11) is 0. The zero-order valence-corrected chi connectivity index (χ0v) is 17.5. The molecule has 0 aromatic carbocycles. The van der Waals surface area contributed by atoms with Gasteiger partial charge in [-0.15, -0.1) is 11.3 Å². The summed E-state index contributed by atoms with van der Waals surface area (Å²) >= 11 is 1.68. The summed E-state index contributed by atoms with van der Waals surface area (Å²) in [6.07, 6.45) is 0.886. The molecule has 0 bridgehead atoms. The van der Waals surface area contributed by atoms with Gasteiger partial charge in [0.25, 0.3) is 5.91 Å². The van der Waals surface area contributed by atoms with Crippen LogP contribution in [0.2, 0.25) is 0 Å². The van der Waals surface area contributed by atoms with E-state index in [1.165, 1.54) is 16.0 Å². The first-order chi connectivity index (χ1) is 13.4. The van der Waals surface area contributed by atoms with E-state index in [4.69, 9.17) is 4.52 Å². The van der Waals surface area contributed by atoms with Crippen LogP contribution in [0.3, 0.4) is 0 Å². The molecule has 0 N–H and O–H groups in total. The number of fused-ring (bicyclic) bond motifs is 1. The van der Waals surface area contributed by atoms with Gasteiger partial charge in [0.15, 0.2) is 0 Å². The van der Waals surface area contributed by atoms with Gasteiger partial charge in [0.1, 0.15) is 5.76 Å². The summed E-state index contributed by atoms with van der Waals surface area (Å²) in [5, 5.41) is 6.07. The van der Waals surface area contributed by atoms with Gasteiger partial charge in [0.05, 0.1) is 11.3 Å². The van der Waals surface area contributed by atoms with Gasteiger partial charge in [0.2, 0.25) is 5.91 Å². The van der Waals surface area contributed by atoms with E-state index in [1.54, 1.807) is 23.2 Å². The van der Waals surface area contributed by atoms with E-state index in [9.17, 15) is 9.59 Å². The zero-order valence-electron chi connectivity index (χ0n) is 16.7. The predicted octanol–water partition coefficient (Wildman–Crippen LogP) is 2.22. The lowest BCUT2D eigenvalue weighted by molar-refractivity contribution is -0.130. The van der Waals surface area contributed by atoms with E-state index < -0.39 is 0 Å². The average molecular weight is 403 g/mol. The Balaban J connectivity index is 1.42. The molecular formula is C20H26N4O3S. The van der Waals surface area contributed by atoms with Gasteiger partial charge in [-0.25, -0.2) is 0 Å². The highest BCUT2D eigenvalue weighted by Crippen LogP contribution is 2.31. The van der Waals surface area contributed by atoms with Gasteiger partial charge in [-0.1, -0.05) is 5.16 Å². The summed E-state index contributed by atoms with van der Waals surface area (Å²) in [5.41, 5.74) is 4.18. The van der Waals surface area contributed by atoms with Crippen LogP contribution >= 0.6 is 11.3 Å². The minimum Gasteiger partial charge on any atom is -0.361 e. The number of rotatable bonds is 3.